The van der Waals surface area contributed by atoms with Crippen molar-refractivity contribution in [2.75, 3.05) is 25.2 Å². The topological polar surface area (TPSA) is 52.4 Å². The molecule has 140 valence electrons. The second-order valence-electron chi connectivity index (χ2n) is 6.63. The molecule has 4 rings (SSSR count). The summed E-state index contributed by atoms with van der Waals surface area (Å²) >= 11 is 0. The van der Waals surface area contributed by atoms with Crippen LogP contribution in [0.4, 0.5) is 5.69 Å². The van der Waals surface area contributed by atoms with Gasteiger partial charge in [-0.3, -0.25) is 0 Å². The highest BCUT2D eigenvalue weighted by molar-refractivity contribution is 5.49. The van der Waals surface area contributed by atoms with Crippen LogP contribution in [0.2, 0.25) is 0 Å². The lowest BCUT2D eigenvalue weighted by Gasteiger charge is -2.23. The minimum Gasteiger partial charge on any atom is -0.497 e. The third kappa shape index (κ3) is 3.80. The Morgan fingerprint density at radius 2 is 2.00 bits per heavy atom. The maximum absolute atomic E-state index is 5.95. The number of hydrogen-bond donors (Lipinski definition) is 0. The summed E-state index contributed by atoms with van der Waals surface area (Å²) in [6.45, 7) is 4.33. The van der Waals surface area contributed by atoms with Crippen molar-refractivity contribution in [3.05, 3.63) is 71.5 Å². The molecule has 0 radical (unpaired) electrons. The van der Waals surface area contributed by atoms with E-state index >= 15 is 0 Å². The van der Waals surface area contributed by atoms with E-state index in [9.17, 15) is 0 Å². The zero-order chi connectivity index (χ0) is 18.6. The van der Waals surface area contributed by atoms with E-state index in [1.165, 1.54) is 5.56 Å². The Labute approximate surface area is 159 Å². The molecule has 6 nitrogen and oxygen atoms in total. The van der Waals surface area contributed by atoms with Crippen LogP contribution < -0.4 is 9.64 Å². The molecular weight excluding hydrogens is 340 g/mol. The number of methoxy groups -OCH3 is 1. The zero-order valence-electron chi connectivity index (χ0n) is 15.7. The van der Waals surface area contributed by atoms with E-state index in [1.54, 1.807) is 7.11 Å². The smallest absolute Gasteiger partial charge is 0.177 e. The summed E-state index contributed by atoms with van der Waals surface area (Å²) in [5.74, 6) is 0.841. The Balaban J connectivity index is 1.51. The molecule has 1 aliphatic rings. The molecule has 0 aliphatic carbocycles. The van der Waals surface area contributed by atoms with E-state index in [-0.39, 0.29) is 6.23 Å². The Morgan fingerprint density at radius 1 is 1.15 bits per heavy atom. The highest BCUT2D eigenvalue weighted by atomic mass is 16.5. The van der Waals surface area contributed by atoms with E-state index in [0.717, 1.165) is 35.7 Å². The average Bonchev–Trinajstić information content (AvgIpc) is 3.37. The first-order valence-electron chi connectivity index (χ1n) is 9.27. The maximum atomic E-state index is 5.95. The molecule has 2 aromatic carbocycles. The third-order valence-electron chi connectivity index (χ3n) is 4.86. The van der Waals surface area contributed by atoms with Gasteiger partial charge < -0.3 is 14.4 Å². The predicted molar refractivity (Wildman–Crippen MR) is 104 cm³/mol. The van der Waals surface area contributed by atoms with Crippen LogP contribution in [0.15, 0.2) is 54.7 Å². The fourth-order valence-electron chi connectivity index (χ4n) is 3.36. The first kappa shape index (κ1) is 17.5. The molecule has 1 atom stereocenters. The van der Waals surface area contributed by atoms with Crippen molar-refractivity contribution < 1.29 is 9.47 Å². The van der Waals surface area contributed by atoms with Crippen molar-refractivity contribution in [3.63, 3.8) is 0 Å². The second kappa shape index (κ2) is 7.80. The highest BCUT2D eigenvalue weighted by Crippen LogP contribution is 2.31. The summed E-state index contributed by atoms with van der Waals surface area (Å²) in [6.07, 6.45) is 2.80. The van der Waals surface area contributed by atoms with Crippen molar-refractivity contribution in [1.82, 2.24) is 15.0 Å². The highest BCUT2D eigenvalue weighted by Gasteiger charge is 2.29. The van der Waals surface area contributed by atoms with Crippen LogP contribution in [0.1, 0.15) is 30.0 Å². The van der Waals surface area contributed by atoms with Crippen LogP contribution in [0.5, 0.6) is 5.75 Å². The van der Waals surface area contributed by atoms with Gasteiger partial charge in [-0.1, -0.05) is 36.4 Å². The maximum Gasteiger partial charge on any atom is 0.177 e. The van der Waals surface area contributed by atoms with Crippen LogP contribution in [0.25, 0.3) is 0 Å². The molecule has 0 spiro atoms. The standard InChI is InChI=1S/C21H24N4O2/c1-3-16-7-9-18(10-8-16)25-11-12-27-21(25)20-15-24(23-22-20)14-17-5-4-6-19(13-17)26-2/h4-10,13,15,21H,3,11-12,14H2,1-2H3/t21-/m1/s1. The molecule has 6 heteroatoms. The van der Waals surface area contributed by atoms with E-state index in [1.807, 2.05) is 29.1 Å². The van der Waals surface area contributed by atoms with Gasteiger partial charge in [-0.05, 0) is 41.8 Å². The first-order valence-corrected chi connectivity index (χ1v) is 9.27. The zero-order valence-corrected chi connectivity index (χ0v) is 15.7. The quantitative estimate of drug-likeness (QED) is 0.671. The minimum atomic E-state index is -0.198. The Kier molecular flexibility index (Phi) is 5.07. The molecule has 0 unspecified atom stereocenters. The van der Waals surface area contributed by atoms with Gasteiger partial charge in [-0.15, -0.1) is 5.10 Å². The third-order valence-corrected chi connectivity index (χ3v) is 4.86. The molecule has 0 N–H and O–H groups in total. The summed E-state index contributed by atoms with van der Waals surface area (Å²) in [5, 5.41) is 8.65. The normalized spacial score (nSPS) is 16.7. The van der Waals surface area contributed by atoms with E-state index in [0.29, 0.717) is 13.2 Å². The van der Waals surface area contributed by atoms with Gasteiger partial charge in [0.15, 0.2) is 6.23 Å². The number of rotatable bonds is 6. The van der Waals surface area contributed by atoms with Crippen LogP contribution in [0, 0.1) is 0 Å². The van der Waals surface area contributed by atoms with Crippen LogP contribution in [0.3, 0.4) is 0 Å². The Morgan fingerprint density at radius 3 is 2.78 bits per heavy atom. The molecule has 1 aromatic heterocycles. The number of ether oxygens (including phenoxy) is 2. The lowest BCUT2D eigenvalue weighted by Crippen LogP contribution is -2.23. The second-order valence-corrected chi connectivity index (χ2v) is 6.63. The lowest BCUT2D eigenvalue weighted by atomic mass is 10.1. The van der Waals surface area contributed by atoms with Gasteiger partial charge in [-0.25, -0.2) is 4.68 Å². The number of hydrogen-bond acceptors (Lipinski definition) is 5. The van der Waals surface area contributed by atoms with Crippen LogP contribution in [-0.2, 0) is 17.7 Å². The van der Waals surface area contributed by atoms with Gasteiger partial charge in [0.05, 0.1) is 26.5 Å². The number of nitrogens with zero attached hydrogens (tertiary/aromatic N) is 4. The van der Waals surface area contributed by atoms with Crippen molar-refractivity contribution >= 4 is 5.69 Å². The fourth-order valence-corrected chi connectivity index (χ4v) is 3.36. The van der Waals surface area contributed by atoms with Gasteiger partial charge in [0.1, 0.15) is 11.4 Å². The molecule has 1 saturated heterocycles. The number of aromatic nitrogens is 3. The molecule has 27 heavy (non-hydrogen) atoms. The van der Waals surface area contributed by atoms with Gasteiger partial charge in [-0.2, -0.15) is 0 Å². The number of aryl methyl sites for hydroxylation is 1. The minimum absolute atomic E-state index is 0.198. The van der Waals surface area contributed by atoms with Crippen molar-refractivity contribution in [2.45, 2.75) is 26.1 Å². The molecule has 0 bridgehead atoms. The monoisotopic (exact) mass is 364 g/mol. The van der Waals surface area contributed by atoms with Crippen molar-refractivity contribution in [2.24, 2.45) is 0 Å². The summed E-state index contributed by atoms with van der Waals surface area (Å²) in [4.78, 5) is 2.24. The van der Waals surface area contributed by atoms with Crippen LogP contribution in [-0.4, -0.2) is 35.3 Å². The molecule has 0 saturated carbocycles. The van der Waals surface area contributed by atoms with Gasteiger partial charge in [0.2, 0.25) is 0 Å². The molecular formula is C21H24N4O2. The van der Waals surface area contributed by atoms with Crippen molar-refractivity contribution in [1.29, 1.82) is 0 Å². The molecule has 1 aliphatic heterocycles. The fraction of sp³-hybridized carbons (Fsp3) is 0.333. The van der Waals surface area contributed by atoms with Gasteiger partial charge in [0, 0.05) is 12.2 Å². The predicted octanol–water partition coefficient (Wildman–Crippen LogP) is 3.43. The summed E-state index contributed by atoms with van der Waals surface area (Å²) in [5.41, 5.74) is 4.43. The molecule has 0 amide bonds. The molecule has 2 heterocycles. The largest absolute Gasteiger partial charge is 0.497 e. The van der Waals surface area contributed by atoms with Crippen molar-refractivity contribution in [3.8, 4) is 5.75 Å². The van der Waals surface area contributed by atoms with E-state index in [4.69, 9.17) is 9.47 Å². The average molecular weight is 364 g/mol. The van der Waals surface area contributed by atoms with E-state index in [2.05, 4.69) is 52.5 Å². The first-order chi connectivity index (χ1) is 13.3. The van der Waals surface area contributed by atoms with E-state index < -0.39 is 0 Å². The summed E-state index contributed by atoms with van der Waals surface area (Å²) in [7, 11) is 1.67. The van der Waals surface area contributed by atoms with Gasteiger partial charge >= 0.3 is 0 Å². The number of anilines is 1. The van der Waals surface area contributed by atoms with Gasteiger partial charge in [0.25, 0.3) is 0 Å². The number of benzene rings is 2. The SMILES string of the molecule is CCc1ccc(N2CCO[C@@H]2c2cn(Cc3cccc(OC)c3)nn2)cc1. The Hall–Kier alpha value is -2.86. The molecule has 1 fully saturated rings. The summed E-state index contributed by atoms with van der Waals surface area (Å²) < 4.78 is 13.1. The van der Waals surface area contributed by atoms with Crippen LogP contribution >= 0.6 is 0 Å². The Bertz CT molecular complexity index is 891. The lowest BCUT2D eigenvalue weighted by molar-refractivity contribution is 0.110. The molecule has 3 aromatic rings. The summed E-state index contributed by atoms with van der Waals surface area (Å²) in [6, 6.07) is 16.6.